The van der Waals surface area contributed by atoms with E-state index in [0.29, 0.717) is 18.8 Å². The molecule has 1 rings (SSSR count). The Kier molecular flexibility index (Phi) is 7.15. The number of anilines is 1. The largest absolute Gasteiger partial charge is 0.399 e. The second kappa shape index (κ2) is 8.62. The minimum Gasteiger partial charge on any atom is -0.399 e. The Balaban J connectivity index is 2.67. The van der Waals surface area contributed by atoms with E-state index in [1.54, 1.807) is 4.90 Å². The predicted molar refractivity (Wildman–Crippen MR) is 84.8 cm³/mol. The number of nitrogens with two attached hydrogens (primary N) is 1. The molecule has 1 aromatic rings. The zero-order valence-electron chi connectivity index (χ0n) is 13.2. The molecule has 0 atom stereocenters. The highest BCUT2D eigenvalue weighted by molar-refractivity contribution is 5.95. The van der Waals surface area contributed by atoms with Crippen molar-refractivity contribution in [1.82, 2.24) is 9.80 Å². The van der Waals surface area contributed by atoms with Crippen LogP contribution in [0.25, 0.3) is 0 Å². The molecule has 5 heteroatoms. The number of carbonyl (C=O) groups is 1. The fourth-order valence-electron chi connectivity index (χ4n) is 2.31. The van der Waals surface area contributed by atoms with E-state index in [0.717, 1.165) is 26.1 Å². The van der Waals surface area contributed by atoms with Crippen molar-refractivity contribution in [3.05, 3.63) is 29.6 Å². The molecule has 2 N–H and O–H groups in total. The molecule has 118 valence electrons. The highest BCUT2D eigenvalue weighted by Gasteiger charge is 2.18. The van der Waals surface area contributed by atoms with Crippen LogP contribution in [0.5, 0.6) is 0 Å². The molecule has 1 aromatic carbocycles. The van der Waals surface area contributed by atoms with Crippen LogP contribution >= 0.6 is 0 Å². The second-order valence-corrected chi connectivity index (χ2v) is 5.00. The number of nitrogens with zero attached hydrogens (tertiary/aromatic N) is 2. The molecule has 0 unspecified atom stereocenters. The van der Waals surface area contributed by atoms with Crippen LogP contribution in [-0.4, -0.2) is 48.4 Å². The maximum absolute atomic E-state index is 13.8. The highest BCUT2D eigenvalue weighted by atomic mass is 19.1. The van der Waals surface area contributed by atoms with Crippen molar-refractivity contribution in [2.24, 2.45) is 0 Å². The molecule has 1 amide bonds. The summed E-state index contributed by atoms with van der Waals surface area (Å²) in [6.07, 6.45) is 0.880. The van der Waals surface area contributed by atoms with Crippen LogP contribution in [-0.2, 0) is 0 Å². The number of carbonyl (C=O) groups excluding carboxylic acids is 1. The third kappa shape index (κ3) is 5.01. The molecule has 0 aliphatic rings. The zero-order valence-corrected chi connectivity index (χ0v) is 13.2. The van der Waals surface area contributed by atoms with Crippen LogP contribution in [0.2, 0.25) is 0 Å². The average molecular weight is 295 g/mol. The molecule has 21 heavy (non-hydrogen) atoms. The SMILES string of the molecule is CCN(CC)CCCN(CC)C(=O)c1cc(N)ccc1F. The van der Waals surface area contributed by atoms with Crippen molar-refractivity contribution < 1.29 is 9.18 Å². The maximum Gasteiger partial charge on any atom is 0.256 e. The number of amides is 1. The van der Waals surface area contributed by atoms with Gasteiger partial charge in [-0.15, -0.1) is 0 Å². The number of benzene rings is 1. The number of hydrogen-bond acceptors (Lipinski definition) is 3. The summed E-state index contributed by atoms with van der Waals surface area (Å²) in [6, 6.07) is 4.11. The molecule has 0 radical (unpaired) electrons. The van der Waals surface area contributed by atoms with Gasteiger partial charge in [0.15, 0.2) is 0 Å². The lowest BCUT2D eigenvalue weighted by Gasteiger charge is -2.24. The molecule has 0 spiro atoms. The van der Waals surface area contributed by atoms with Crippen molar-refractivity contribution in [2.45, 2.75) is 27.2 Å². The van der Waals surface area contributed by atoms with E-state index in [2.05, 4.69) is 18.7 Å². The van der Waals surface area contributed by atoms with Crippen LogP contribution in [0, 0.1) is 5.82 Å². The molecule has 0 aliphatic heterocycles. The Bertz CT molecular complexity index is 461. The standard InChI is InChI=1S/C16H26FN3O/c1-4-19(5-2)10-7-11-20(6-3)16(21)14-12-13(18)8-9-15(14)17/h8-9,12H,4-7,10-11,18H2,1-3H3. The van der Waals surface area contributed by atoms with Gasteiger partial charge in [0.05, 0.1) is 5.56 Å². The summed E-state index contributed by atoms with van der Waals surface area (Å²) in [5.74, 6) is -0.807. The third-order valence-electron chi connectivity index (χ3n) is 3.69. The van der Waals surface area contributed by atoms with E-state index in [1.807, 2.05) is 6.92 Å². The monoisotopic (exact) mass is 295 g/mol. The fourth-order valence-corrected chi connectivity index (χ4v) is 2.31. The first-order valence-electron chi connectivity index (χ1n) is 7.60. The summed E-state index contributed by atoms with van der Waals surface area (Å²) < 4.78 is 13.8. The minimum absolute atomic E-state index is 0.0553. The van der Waals surface area contributed by atoms with Crippen molar-refractivity contribution >= 4 is 11.6 Å². The van der Waals surface area contributed by atoms with Gasteiger partial charge in [-0.1, -0.05) is 13.8 Å². The maximum atomic E-state index is 13.8. The van der Waals surface area contributed by atoms with Gasteiger partial charge < -0.3 is 15.5 Å². The summed E-state index contributed by atoms with van der Waals surface area (Å²) in [4.78, 5) is 16.4. The third-order valence-corrected chi connectivity index (χ3v) is 3.69. The van der Waals surface area contributed by atoms with Gasteiger partial charge in [-0.2, -0.15) is 0 Å². The van der Waals surface area contributed by atoms with Gasteiger partial charge in [0.25, 0.3) is 5.91 Å². The molecular formula is C16H26FN3O. The van der Waals surface area contributed by atoms with E-state index in [9.17, 15) is 9.18 Å². The summed E-state index contributed by atoms with van der Waals surface area (Å²) in [6.45, 7) is 10.3. The normalized spacial score (nSPS) is 10.9. The smallest absolute Gasteiger partial charge is 0.256 e. The lowest BCUT2D eigenvalue weighted by molar-refractivity contribution is 0.0753. The van der Waals surface area contributed by atoms with Gasteiger partial charge >= 0.3 is 0 Å². The van der Waals surface area contributed by atoms with E-state index in [1.165, 1.54) is 18.2 Å². The van der Waals surface area contributed by atoms with Crippen LogP contribution in [0.15, 0.2) is 18.2 Å². The van der Waals surface area contributed by atoms with Crippen molar-refractivity contribution in [1.29, 1.82) is 0 Å². The predicted octanol–water partition coefficient (Wildman–Crippen LogP) is 2.60. The molecule has 0 bridgehead atoms. The molecule has 0 fully saturated rings. The zero-order chi connectivity index (χ0) is 15.8. The first-order chi connectivity index (χ1) is 10.0. The summed E-state index contributed by atoms with van der Waals surface area (Å²) >= 11 is 0. The topological polar surface area (TPSA) is 49.6 Å². The first-order valence-corrected chi connectivity index (χ1v) is 7.60. The lowest BCUT2D eigenvalue weighted by atomic mass is 10.1. The average Bonchev–Trinajstić information content (AvgIpc) is 2.49. The van der Waals surface area contributed by atoms with Crippen molar-refractivity contribution in [3.63, 3.8) is 0 Å². The first kappa shape index (κ1) is 17.4. The molecule has 0 aromatic heterocycles. The van der Waals surface area contributed by atoms with E-state index in [-0.39, 0.29) is 11.5 Å². The highest BCUT2D eigenvalue weighted by Crippen LogP contribution is 2.14. The lowest BCUT2D eigenvalue weighted by Crippen LogP contribution is -2.34. The van der Waals surface area contributed by atoms with Crippen molar-refractivity contribution in [2.75, 3.05) is 38.5 Å². The number of halogens is 1. The Labute approximate surface area is 126 Å². The Morgan fingerprint density at radius 3 is 2.38 bits per heavy atom. The molecule has 4 nitrogen and oxygen atoms in total. The Hall–Kier alpha value is -1.62. The number of nitrogen functional groups attached to an aromatic ring is 1. The molecule has 0 saturated carbocycles. The molecule has 0 heterocycles. The van der Waals surface area contributed by atoms with Gasteiger partial charge in [-0.05, 0) is 51.2 Å². The van der Waals surface area contributed by atoms with Gasteiger partial charge in [0.2, 0.25) is 0 Å². The van der Waals surface area contributed by atoms with Gasteiger partial charge in [-0.3, -0.25) is 4.79 Å². The van der Waals surface area contributed by atoms with Crippen LogP contribution in [0.3, 0.4) is 0 Å². The van der Waals surface area contributed by atoms with Crippen molar-refractivity contribution in [3.8, 4) is 0 Å². The van der Waals surface area contributed by atoms with Gasteiger partial charge in [-0.25, -0.2) is 4.39 Å². The Morgan fingerprint density at radius 1 is 1.14 bits per heavy atom. The molecular weight excluding hydrogens is 269 g/mol. The second-order valence-electron chi connectivity index (χ2n) is 5.00. The molecule has 0 saturated heterocycles. The summed E-state index contributed by atoms with van der Waals surface area (Å²) in [7, 11) is 0. The summed E-state index contributed by atoms with van der Waals surface area (Å²) in [5, 5.41) is 0. The molecule has 0 aliphatic carbocycles. The summed E-state index contributed by atoms with van der Waals surface area (Å²) in [5.41, 5.74) is 6.10. The fraction of sp³-hybridized carbons (Fsp3) is 0.562. The van der Waals surface area contributed by atoms with E-state index >= 15 is 0 Å². The van der Waals surface area contributed by atoms with Gasteiger partial charge in [0, 0.05) is 18.8 Å². The number of rotatable bonds is 8. The van der Waals surface area contributed by atoms with E-state index in [4.69, 9.17) is 5.73 Å². The number of hydrogen-bond donors (Lipinski definition) is 1. The quantitative estimate of drug-likeness (QED) is 0.750. The van der Waals surface area contributed by atoms with E-state index < -0.39 is 5.82 Å². The van der Waals surface area contributed by atoms with Crippen LogP contribution in [0.4, 0.5) is 10.1 Å². The minimum atomic E-state index is -0.517. The van der Waals surface area contributed by atoms with Crippen LogP contribution in [0.1, 0.15) is 37.6 Å². The Morgan fingerprint density at radius 2 is 1.81 bits per heavy atom. The van der Waals surface area contributed by atoms with Gasteiger partial charge in [0.1, 0.15) is 5.82 Å². The van der Waals surface area contributed by atoms with Crippen LogP contribution < -0.4 is 5.73 Å².